The molecule has 8 heterocycles. The van der Waals surface area contributed by atoms with E-state index in [-0.39, 0.29) is 29.8 Å². The van der Waals surface area contributed by atoms with Gasteiger partial charge in [-0.05, 0) is 56.4 Å². The van der Waals surface area contributed by atoms with Crippen LogP contribution in [-0.4, -0.2) is 120 Å². The number of imidazole rings is 2. The van der Waals surface area contributed by atoms with E-state index in [1.165, 1.54) is 19.0 Å². The Labute approximate surface area is 340 Å². The number of fused-ring (bicyclic) bond motifs is 8. The van der Waals surface area contributed by atoms with Gasteiger partial charge in [-0.3, -0.25) is 18.7 Å². The van der Waals surface area contributed by atoms with Gasteiger partial charge in [-0.2, -0.15) is 0 Å². The summed E-state index contributed by atoms with van der Waals surface area (Å²) in [7, 11) is 0. The summed E-state index contributed by atoms with van der Waals surface area (Å²) < 4.78 is 28.4. The fourth-order valence-electron chi connectivity index (χ4n) is 9.69. The minimum atomic E-state index is -1.14. The van der Waals surface area contributed by atoms with Crippen LogP contribution in [0.5, 0.6) is 0 Å². The first-order chi connectivity index (χ1) is 29.2. The summed E-state index contributed by atoms with van der Waals surface area (Å²) >= 11 is 0. The molecule has 308 valence electrons. The second-order valence-electron chi connectivity index (χ2n) is 16.1. The van der Waals surface area contributed by atoms with Crippen molar-refractivity contribution in [3.8, 4) is 0 Å². The Kier molecular flexibility index (Phi) is 8.28. The average Bonchev–Trinajstić information content (AvgIpc) is 3.96. The smallest absolute Gasteiger partial charge is 0.256 e. The molecule has 2 saturated carbocycles. The third-order valence-corrected chi connectivity index (χ3v) is 13.0. The molecular formula is C41H40N10O9. The lowest BCUT2D eigenvalue weighted by Crippen LogP contribution is -2.52. The first-order valence-corrected chi connectivity index (χ1v) is 19.9. The quantitative estimate of drug-likeness (QED) is 0.148. The molecule has 4 aromatic heterocycles. The number of hydrogen-bond donors (Lipinski definition) is 5. The molecule has 4 bridgehead atoms. The van der Waals surface area contributed by atoms with Gasteiger partial charge in [0.2, 0.25) is 0 Å². The number of nitrogens with one attached hydrogen (secondary N) is 2. The number of aromatic nitrogens is 8. The summed E-state index contributed by atoms with van der Waals surface area (Å²) in [6, 6.07) is 17.7. The summed E-state index contributed by atoms with van der Waals surface area (Å²) in [6.07, 6.45) is 5.78. The first kappa shape index (κ1) is 37.2. The third kappa shape index (κ3) is 5.20. The van der Waals surface area contributed by atoms with Gasteiger partial charge in [0.15, 0.2) is 52.0 Å². The zero-order valence-corrected chi connectivity index (χ0v) is 32.2. The molecule has 6 aliphatic rings. The van der Waals surface area contributed by atoms with Crippen molar-refractivity contribution < 1.29 is 43.9 Å². The zero-order chi connectivity index (χ0) is 41.0. The van der Waals surface area contributed by atoms with Gasteiger partial charge in [0.05, 0.1) is 19.3 Å². The Balaban J connectivity index is 0.000000136. The number of carbonyl (C=O) groups excluding carboxylic acids is 2. The normalized spacial score (nSPS) is 30.8. The number of aliphatic hydroxyl groups is 3. The molecule has 2 unspecified atom stereocenters. The Bertz CT molecular complexity index is 2470. The van der Waals surface area contributed by atoms with Crippen LogP contribution in [0.4, 0.5) is 11.6 Å². The summed E-state index contributed by atoms with van der Waals surface area (Å²) in [5, 5.41) is 37.3. The van der Waals surface area contributed by atoms with E-state index in [0.29, 0.717) is 45.7 Å². The number of benzene rings is 2. The van der Waals surface area contributed by atoms with Crippen molar-refractivity contribution in [2.24, 2.45) is 0 Å². The molecule has 4 saturated heterocycles. The highest BCUT2D eigenvalue weighted by Gasteiger charge is 2.79. The number of rotatable bonds is 8. The molecule has 12 rings (SSSR count). The first-order valence-electron chi connectivity index (χ1n) is 19.9. The second-order valence-corrected chi connectivity index (χ2v) is 16.1. The predicted molar refractivity (Wildman–Crippen MR) is 208 cm³/mol. The lowest BCUT2D eigenvalue weighted by molar-refractivity contribution is -0.233. The van der Waals surface area contributed by atoms with Crippen LogP contribution in [0.3, 0.4) is 0 Å². The van der Waals surface area contributed by atoms with Crippen LogP contribution >= 0.6 is 0 Å². The van der Waals surface area contributed by atoms with Crippen LogP contribution in [0.2, 0.25) is 0 Å². The highest BCUT2D eigenvalue weighted by atomic mass is 16.7. The Morgan fingerprint density at radius 1 is 0.650 bits per heavy atom. The molecule has 6 fully saturated rings. The summed E-state index contributed by atoms with van der Waals surface area (Å²) in [5.74, 6) is 0.00420. The van der Waals surface area contributed by atoms with Gasteiger partial charge in [-0.15, -0.1) is 0 Å². The van der Waals surface area contributed by atoms with Crippen molar-refractivity contribution in [3.05, 3.63) is 97.1 Å². The SMILES string of the molecule is CC[C@]12O[C@@H](n3cnc4c(NC(=O)c5ccccc5)ncnc43)C(OC13CC3)[C@H]2O.O=C(Nc1ncnc2c1ncn2[C@@H]1O[C@]2(CO)[C@H](O)C1OC21CC1)c1ccccc1. The molecule has 19 nitrogen and oxygen atoms in total. The minimum Gasteiger partial charge on any atom is -0.393 e. The topological polar surface area (TPSA) is 243 Å². The van der Waals surface area contributed by atoms with Crippen LogP contribution in [0, 0.1) is 0 Å². The van der Waals surface area contributed by atoms with Crippen molar-refractivity contribution >= 4 is 45.8 Å². The van der Waals surface area contributed by atoms with Crippen molar-refractivity contribution in [2.45, 2.75) is 98.3 Å². The number of amides is 2. The van der Waals surface area contributed by atoms with E-state index in [2.05, 4.69) is 40.5 Å². The standard InChI is InChI=1S/C21H21N5O4.C20H19N5O5/c1-2-21-15(27)14(29-20(21)8-9-20)19(30-21)26-11-24-13-16(22-10-23-17(13)26)25-18(28)12-6-4-3-5-7-12;26-8-20-14(27)13(29-19(20)6-7-19)18(30-20)25-10-23-12-15(21-9-22-16(12)25)24-17(28)11-4-2-1-3-5-11/h3-7,10-11,14-15,19,27H,2,8-9H2,1H3,(H,22,23,25,28);1-5,9-10,13-14,18,26-27H,6-8H2,(H,21,22,24,28)/t14?,15-,19-,21-;13?,14-,18-,20-/m11/s1. The number of nitrogens with zero attached hydrogens (tertiary/aromatic N) is 8. The summed E-state index contributed by atoms with van der Waals surface area (Å²) in [5.41, 5.74) is -0.00124. The van der Waals surface area contributed by atoms with E-state index < -0.39 is 53.7 Å². The van der Waals surface area contributed by atoms with Gasteiger partial charge in [0, 0.05) is 11.1 Å². The lowest BCUT2D eigenvalue weighted by atomic mass is 9.88. The number of carbonyl (C=O) groups is 2. The Hall–Kier alpha value is -5.80. The Morgan fingerprint density at radius 3 is 1.52 bits per heavy atom. The molecular weight excluding hydrogens is 777 g/mol. The van der Waals surface area contributed by atoms with Crippen molar-refractivity contribution in [1.82, 2.24) is 39.0 Å². The van der Waals surface area contributed by atoms with Crippen LogP contribution in [0.25, 0.3) is 22.3 Å². The number of anilines is 2. The van der Waals surface area contributed by atoms with E-state index in [9.17, 15) is 24.9 Å². The maximum atomic E-state index is 12.5. The molecule has 2 aromatic carbocycles. The molecule has 2 aliphatic carbocycles. The number of hydrogen-bond acceptors (Lipinski definition) is 15. The van der Waals surface area contributed by atoms with Crippen LogP contribution in [0.1, 0.15) is 72.2 Å². The largest absolute Gasteiger partial charge is 0.393 e. The monoisotopic (exact) mass is 816 g/mol. The van der Waals surface area contributed by atoms with Gasteiger partial charge >= 0.3 is 0 Å². The van der Waals surface area contributed by atoms with Gasteiger partial charge < -0.3 is 44.9 Å². The van der Waals surface area contributed by atoms with Gasteiger partial charge in [-0.25, -0.2) is 29.9 Å². The van der Waals surface area contributed by atoms with Crippen molar-refractivity contribution in [2.75, 3.05) is 17.2 Å². The van der Waals surface area contributed by atoms with Crippen LogP contribution in [-0.2, 0) is 18.9 Å². The fourth-order valence-corrected chi connectivity index (χ4v) is 9.69. The van der Waals surface area contributed by atoms with Gasteiger partial charge in [0.25, 0.3) is 11.8 Å². The Morgan fingerprint density at radius 2 is 1.08 bits per heavy atom. The number of ether oxygens (including phenoxy) is 4. The predicted octanol–water partition coefficient (Wildman–Crippen LogP) is 2.68. The van der Waals surface area contributed by atoms with Gasteiger partial charge in [0.1, 0.15) is 53.9 Å². The molecule has 6 aromatic rings. The van der Waals surface area contributed by atoms with E-state index in [1.807, 2.05) is 19.1 Å². The molecule has 4 aliphatic heterocycles. The van der Waals surface area contributed by atoms with E-state index >= 15 is 0 Å². The zero-order valence-electron chi connectivity index (χ0n) is 32.2. The van der Waals surface area contributed by atoms with E-state index in [1.54, 1.807) is 64.0 Å². The second kappa shape index (κ2) is 13.4. The van der Waals surface area contributed by atoms with Crippen LogP contribution < -0.4 is 10.6 Å². The summed E-state index contributed by atoms with van der Waals surface area (Å²) in [4.78, 5) is 50.9. The molecule has 8 atom stereocenters. The van der Waals surface area contributed by atoms with Crippen molar-refractivity contribution in [1.29, 1.82) is 0 Å². The highest BCUT2D eigenvalue weighted by Crippen LogP contribution is 2.66. The molecule has 2 amide bonds. The average molecular weight is 817 g/mol. The minimum absolute atomic E-state index is 0.271. The molecule has 60 heavy (non-hydrogen) atoms. The number of aliphatic hydroxyl groups excluding tert-OH is 3. The molecule has 19 heteroatoms. The fraction of sp³-hybridized carbons (Fsp3) is 0.415. The van der Waals surface area contributed by atoms with E-state index in [4.69, 9.17) is 18.9 Å². The highest BCUT2D eigenvalue weighted by molar-refractivity contribution is 6.07. The molecule has 2 spiro atoms. The molecule has 0 radical (unpaired) electrons. The van der Waals surface area contributed by atoms with Crippen molar-refractivity contribution in [3.63, 3.8) is 0 Å². The lowest BCUT2D eigenvalue weighted by Gasteiger charge is -2.37. The van der Waals surface area contributed by atoms with Gasteiger partial charge in [-0.1, -0.05) is 43.3 Å². The summed E-state index contributed by atoms with van der Waals surface area (Å²) in [6.45, 7) is 1.68. The van der Waals surface area contributed by atoms with E-state index in [0.717, 1.165) is 25.7 Å². The third-order valence-electron chi connectivity index (χ3n) is 13.0. The molecule has 5 N–H and O–H groups in total. The maximum absolute atomic E-state index is 12.5. The maximum Gasteiger partial charge on any atom is 0.256 e. The van der Waals surface area contributed by atoms with Crippen LogP contribution in [0.15, 0.2) is 86.0 Å².